The molecule has 28 heavy (non-hydrogen) atoms. The topological polar surface area (TPSA) is 76.7 Å². The van der Waals surface area contributed by atoms with Crippen molar-refractivity contribution in [3.8, 4) is 5.75 Å². The minimum Gasteiger partial charge on any atom is -0.488 e. The molecule has 0 spiro atoms. The van der Waals surface area contributed by atoms with Gasteiger partial charge in [-0.1, -0.05) is 72.8 Å². The maximum absolute atomic E-state index is 10.9. The van der Waals surface area contributed by atoms with Crippen molar-refractivity contribution in [2.75, 3.05) is 0 Å². The van der Waals surface area contributed by atoms with E-state index in [-0.39, 0.29) is 0 Å². The van der Waals surface area contributed by atoms with Crippen LogP contribution in [0.3, 0.4) is 0 Å². The second kappa shape index (κ2) is 7.80. The maximum atomic E-state index is 10.9. The number of nitrogens with zero attached hydrogens (tertiary/aromatic N) is 1. The van der Waals surface area contributed by atoms with Gasteiger partial charge in [0.25, 0.3) is 0 Å². The zero-order valence-corrected chi connectivity index (χ0v) is 15.1. The summed E-state index contributed by atoms with van der Waals surface area (Å²) < 4.78 is 6.16. The molecule has 0 saturated carbocycles. The molecule has 0 aliphatic heterocycles. The number of carbonyl (C=O) groups is 1. The van der Waals surface area contributed by atoms with E-state index < -0.39 is 6.03 Å². The van der Waals surface area contributed by atoms with Crippen LogP contribution < -0.4 is 15.9 Å². The highest BCUT2D eigenvalue weighted by Gasteiger charge is 2.09. The summed E-state index contributed by atoms with van der Waals surface area (Å²) in [5.41, 5.74) is 9.22. The normalized spacial score (nSPS) is 11.1. The number of nitrogens with two attached hydrogens (primary N) is 1. The first-order chi connectivity index (χ1) is 13.7. The van der Waals surface area contributed by atoms with E-state index in [1.54, 1.807) is 6.21 Å². The summed E-state index contributed by atoms with van der Waals surface area (Å²) in [5.74, 6) is 0.682. The Balaban J connectivity index is 1.69. The number of hydrogen-bond donors (Lipinski definition) is 2. The number of hydrogen-bond acceptors (Lipinski definition) is 3. The number of fused-ring (bicyclic) bond motifs is 2. The standard InChI is InChI=1S/C23H19N3O2/c24-23(27)26-25-14-21-20-11-4-2-7-17(20)12-13-22(21)28-15-18-9-5-8-16-6-1-3-10-19(16)18/h1-14H,15H2,(H3,24,26,27)/b25-14-. The summed E-state index contributed by atoms with van der Waals surface area (Å²) >= 11 is 0. The van der Waals surface area contributed by atoms with Crippen molar-refractivity contribution in [3.05, 3.63) is 90.0 Å². The van der Waals surface area contributed by atoms with Crippen LogP contribution in [0.15, 0.2) is 84.0 Å². The number of hydrazone groups is 1. The van der Waals surface area contributed by atoms with Crippen LogP contribution >= 0.6 is 0 Å². The largest absolute Gasteiger partial charge is 0.488 e. The monoisotopic (exact) mass is 369 g/mol. The van der Waals surface area contributed by atoms with Crippen molar-refractivity contribution < 1.29 is 9.53 Å². The van der Waals surface area contributed by atoms with E-state index in [9.17, 15) is 4.79 Å². The summed E-state index contributed by atoms with van der Waals surface area (Å²) in [7, 11) is 0. The molecule has 0 unspecified atom stereocenters. The zero-order chi connectivity index (χ0) is 19.3. The molecule has 0 radical (unpaired) electrons. The van der Waals surface area contributed by atoms with E-state index >= 15 is 0 Å². The van der Waals surface area contributed by atoms with Crippen LogP contribution in [0.5, 0.6) is 5.75 Å². The summed E-state index contributed by atoms with van der Waals surface area (Å²) in [5, 5.41) is 8.30. The van der Waals surface area contributed by atoms with Crippen LogP contribution in [0.1, 0.15) is 11.1 Å². The molecular weight excluding hydrogens is 350 g/mol. The molecule has 0 fully saturated rings. The molecule has 5 nitrogen and oxygen atoms in total. The van der Waals surface area contributed by atoms with E-state index in [1.807, 2.05) is 54.6 Å². The molecule has 0 aliphatic carbocycles. The number of nitrogens with one attached hydrogen (secondary N) is 1. The fraction of sp³-hybridized carbons (Fsp3) is 0.0435. The van der Waals surface area contributed by atoms with E-state index in [0.29, 0.717) is 12.4 Å². The van der Waals surface area contributed by atoms with Gasteiger partial charge in [0.15, 0.2) is 0 Å². The Morgan fingerprint density at radius 3 is 2.36 bits per heavy atom. The average molecular weight is 369 g/mol. The van der Waals surface area contributed by atoms with Crippen LogP contribution in [-0.4, -0.2) is 12.2 Å². The van der Waals surface area contributed by atoms with Crippen molar-refractivity contribution in [3.63, 3.8) is 0 Å². The van der Waals surface area contributed by atoms with Gasteiger partial charge in [0.1, 0.15) is 12.4 Å². The molecular formula is C23H19N3O2. The number of amides is 2. The van der Waals surface area contributed by atoms with E-state index in [4.69, 9.17) is 10.5 Å². The van der Waals surface area contributed by atoms with Gasteiger partial charge in [-0.05, 0) is 33.2 Å². The van der Waals surface area contributed by atoms with Crippen molar-refractivity contribution in [1.29, 1.82) is 0 Å². The summed E-state index contributed by atoms with van der Waals surface area (Å²) in [6, 6.07) is 25.5. The third-order valence-corrected chi connectivity index (χ3v) is 4.56. The lowest BCUT2D eigenvalue weighted by molar-refractivity contribution is 0.249. The first-order valence-electron chi connectivity index (χ1n) is 8.92. The average Bonchev–Trinajstić information content (AvgIpc) is 2.72. The second-order valence-electron chi connectivity index (χ2n) is 6.36. The molecule has 0 saturated heterocycles. The Morgan fingerprint density at radius 1 is 0.893 bits per heavy atom. The Kier molecular flexibility index (Phi) is 4.89. The van der Waals surface area contributed by atoms with Gasteiger partial charge >= 0.3 is 6.03 Å². The molecule has 2 amide bonds. The van der Waals surface area contributed by atoms with E-state index in [0.717, 1.165) is 27.3 Å². The number of ether oxygens (including phenoxy) is 1. The Hall–Kier alpha value is -3.86. The van der Waals surface area contributed by atoms with Crippen LogP contribution in [0.25, 0.3) is 21.5 Å². The molecule has 0 atom stereocenters. The number of primary amides is 1. The quantitative estimate of drug-likeness (QED) is 0.399. The maximum Gasteiger partial charge on any atom is 0.332 e. The summed E-state index contributed by atoms with van der Waals surface area (Å²) in [6.07, 6.45) is 1.56. The highest BCUT2D eigenvalue weighted by Crippen LogP contribution is 2.28. The van der Waals surface area contributed by atoms with Crippen molar-refractivity contribution >= 4 is 33.8 Å². The lowest BCUT2D eigenvalue weighted by Gasteiger charge is -2.13. The van der Waals surface area contributed by atoms with Crippen molar-refractivity contribution in [2.45, 2.75) is 6.61 Å². The molecule has 0 aliphatic rings. The van der Waals surface area contributed by atoms with Gasteiger partial charge in [-0.25, -0.2) is 10.2 Å². The van der Waals surface area contributed by atoms with Gasteiger partial charge in [0, 0.05) is 5.56 Å². The van der Waals surface area contributed by atoms with E-state index in [2.05, 4.69) is 34.8 Å². The number of benzene rings is 4. The Bertz CT molecular complexity index is 1180. The lowest BCUT2D eigenvalue weighted by atomic mass is 10.0. The molecule has 138 valence electrons. The number of rotatable bonds is 5. The lowest BCUT2D eigenvalue weighted by Crippen LogP contribution is -2.24. The van der Waals surface area contributed by atoms with Gasteiger partial charge in [0.05, 0.1) is 6.21 Å². The van der Waals surface area contributed by atoms with Crippen molar-refractivity contribution in [1.82, 2.24) is 5.43 Å². The SMILES string of the molecule is NC(=O)N/N=C\c1c(OCc2cccc3ccccc23)ccc2ccccc12. The summed E-state index contributed by atoms with van der Waals surface area (Å²) in [4.78, 5) is 10.9. The highest BCUT2D eigenvalue weighted by molar-refractivity contribution is 6.02. The molecule has 4 rings (SSSR count). The molecule has 0 heterocycles. The van der Waals surface area contributed by atoms with Gasteiger partial charge in [-0.3, -0.25) is 0 Å². The molecule has 3 N–H and O–H groups in total. The second-order valence-corrected chi connectivity index (χ2v) is 6.36. The minimum absolute atomic E-state index is 0.420. The molecule has 0 aromatic heterocycles. The van der Waals surface area contributed by atoms with Gasteiger partial charge in [-0.15, -0.1) is 0 Å². The summed E-state index contributed by atoms with van der Waals surface area (Å²) in [6.45, 7) is 0.420. The molecule has 5 heteroatoms. The van der Waals surface area contributed by atoms with Crippen LogP contribution in [0.2, 0.25) is 0 Å². The van der Waals surface area contributed by atoms with Crippen LogP contribution in [0, 0.1) is 0 Å². The first kappa shape index (κ1) is 17.5. The Morgan fingerprint density at radius 2 is 1.57 bits per heavy atom. The predicted octanol–water partition coefficient (Wildman–Crippen LogP) is 4.57. The van der Waals surface area contributed by atoms with Gasteiger partial charge < -0.3 is 10.5 Å². The fourth-order valence-electron chi connectivity index (χ4n) is 3.27. The third-order valence-electron chi connectivity index (χ3n) is 4.56. The number of urea groups is 1. The molecule has 4 aromatic rings. The predicted molar refractivity (Wildman–Crippen MR) is 113 cm³/mol. The van der Waals surface area contributed by atoms with Gasteiger partial charge in [-0.2, -0.15) is 5.10 Å². The molecule has 0 bridgehead atoms. The van der Waals surface area contributed by atoms with Crippen molar-refractivity contribution in [2.24, 2.45) is 10.8 Å². The highest BCUT2D eigenvalue weighted by atomic mass is 16.5. The van der Waals surface area contributed by atoms with Crippen LogP contribution in [0.4, 0.5) is 4.79 Å². The van der Waals surface area contributed by atoms with E-state index in [1.165, 1.54) is 5.39 Å². The third kappa shape index (κ3) is 3.64. The van der Waals surface area contributed by atoms with Gasteiger partial charge in [0.2, 0.25) is 0 Å². The molecule has 4 aromatic carbocycles. The Labute approximate surface area is 162 Å². The zero-order valence-electron chi connectivity index (χ0n) is 15.1. The first-order valence-corrected chi connectivity index (χ1v) is 8.92. The fourth-order valence-corrected chi connectivity index (χ4v) is 3.27. The van der Waals surface area contributed by atoms with Crippen LogP contribution in [-0.2, 0) is 6.61 Å². The minimum atomic E-state index is -0.713. The number of carbonyl (C=O) groups excluding carboxylic acids is 1. The smallest absolute Gasteiger partial charge is 0.332 e.